The molecule has 2 aliphatic heterocycles. The zero-order valence-electron chi connectivity index (χ0n) is 15.4. The number of ether oxygens (including phenoxy) is 1. The molecule has 146 valence electrons. The molecule has 8 heteroatoms. The number of carbonyl (C=O) groups is 1. The number of anilines is 1. The van der Waals surface area contributed by atoms with Crippen molar-refractivity contribution in [3.05, 3.63) is 23.8 Å². The van der Waals surface area contributed by atoms with Gasteiger partial charge in [0.2, 0.25) is 0 Å². The van der Waals surface area contributed by atoms with Crippen LogP contribution in [0.4, 0.5) is 5.13 Å². The maximum Gasteiger partial charge on any atom is 0.251 e. The quantitative estimate of drug-likeness (QED) is 0.802. The summed E-state index contributed by atoms with van der Waals surface area (Å²) in [5.41, 5.74) is 1.54. The van der Waals surface area contributed by atoms with Gasteiger partial charge in [0.05, 0.1) is 30.0 Å². The van der Waals surface area contributed by atoms with Gasteiger partial charge in [-0.15, -0.1) is 0 Å². The third-order valence-electron chi connectivity index (χ3n) is 5.33. The number of rotatable bonds is 5. The van der Waals surface area contributed by atoms with Crippen LogP contribution in [0.1, 0.15) is 23.2 Å². The predicted molar refractivity (Wildman–Crippen MR) is 107 cm³/mol. The molecule has 0 radical (unpaired) electrons. The summed E-state index contributed by atoms with van der Waals surface area (Å²) < 4.78 is 6.49. The molecule has 2 saturated heterocycles. The molecule has 0 spiro atoms. The van der Waals surface area contributed by atoms with Gasteiger partial charge in [-0.2, -0.15) is 0 Å². The van der Waals surface area contributed by atoms with Crippen molar-refractivity contribution in [2.75, 3.05) is 57.4 Å². The zero-order chi connectivity index (χ0) is 18.6. The van der Waals surface area contributed by atoms with Crippen LogP contribution in [0.5, 0.6) is 0 Å². The number of nitrogens with zero attached hydrogens (tertiary/aromatic N) is 3. The summed E-state index contributed by atoms with van der Waals surface area (Å²) in [7, 11) is 0. The molecule has 2 aromatic rings. The summed E-state index contributed by atoms with van der Waals surface area (Å²) in [6, 6.07) is 6.25. The molecule has 1 aromatic heterocycles. The van der Waals surface area contributed by atoms with Crippen molar-refractivity contribution in [1.29, 1.82) is 0 Å². The number of aromatic nitrogens is 1. The molecular formula is C19H26N4O3S. The number of nitrogens with one attached hydrogen (secondary N) is 1. The van der Waals surface area contributed by atoms with Gasteiger partial charge in [0, 0.05) is 44.3 Å². The number of carbonyl (C=O) groups excluding carboxylic acids is 1. The number of hydrogen-bond donors (Lipinski definition) is 2. The summed E-state index contributed by atoms with van der Waals surface area (Å²) >= 11 is 1.65. The smallest absolute Gasteiger partial charge is 0.251 e. The normalized spacial score (nSPS) is 19.5. The molecule has 0 aliphatic carbocycles. The second-order valence-electron chi connectivity index (χ2n) is 7.03. The molecule has 0 unspecified atom stereocenters. The van der Waals surface area contributed by atoms with Crippen molar-refractivity contribution >= 4 is 32.6 Å². The highest BCUT2D eigenvalue weighted by Gasteiger charge is 2.27. The lowest BCUT2D eigenvalue weighted by Crippen LogP contribution is -2.49. The van der Waals surface area contributed by atoms with Crippen molar-refractivity contribution in [3.8, 4) is 0 Å². The highest BCUT2D eigenvalue weighted by Crippen LogP contribution is 2.32. The Hall–Kier alpha value is -1.74. The third kappa shape index (κ3) is 4.24. The van der Waals surface area contributed by atoms with Gasteiger partial charge in [-0.3, -0.25) is 9.69 Å². The van der Waals surface area contributed by atoms with Crippen LogP contribution >= 0.6 is 11.3 Å². The molecule has 0 atom stereocenters. The van der Waals surface area contributed by atoms with Gasteiger partial charge >= 0.3 is 0 Å². The van der Waals surface area contributed by atoms with Crippen LogP contribution in [0.25, 0.3) is 10.2 Å². The van der Waals surface area contributed by atoms with Crippen LogP contribution in [0.3, 0.4) is 0 Å². The van der Waals surface area contributed by atoms with Crippen molar-refractivity contribution < 1.29 is 14.6 Å². The van der Waals surface area contributed by atoms with Gasteiger partial charge in [-0.1, -0.05) is 11.3 Å². The molecule has 27 heavy (non-hydrogen) atoms. The van der Waals surface area contributed by atoms with Gasteiger partial charge in [-0.25, -0.2) is 4.98 Å². The summed E-state index contributed by atoms with van der Waals surface area (Å²) in [6.07, 6.45) is 2.31. The summed E-state index contributed by atoms with van der Waals surface area (Å²) in [5.74, 6) is -0.160. The van der Waals surface area contributed by atoms with Gasteiger partial charge in [0.1, 0.15) is 0 Å². The first kappa shape index (κ1) is 18.6. The fraction of sp³-hybridized carbons (Fsp3) is 0.579. The summed E-state index contributed by atoms with van der Waals surface area (Å²) in [5, 5.41) is 12.6. The first-order chi connectivity index (χ1) is 13.2. The molecule has 2 N–H and O–H groups in total. The monoisotopic (exact) mass is 390 g/mol. The number of benzene rings is 1. The summed E-state index contributed by atoms with van der Waals surface area (Å²) in [4.78, 5) is 21.8. The topological polar surface area (TPSA) is 77.9 Å². The van der Waals surface area contributed by atoms with Crippen molar-refractivity contribution in [2.45, 2.75) is 18.9 Å². The van der Waals surface area contributed by atoms with Crippen molar-refractivity contribution in [1.82, 2.24) is 15.2 Å². The minimum absolute atomic E-state index is 0.0565. The number of aliphatic hydroxyl groups is 1. The van der Waals surface area contributed by atoms with E-state index in [1.165, 1.54) is 0 Å². The molecule has 0 saturated carbocycles. The molecular weight excluding hydrogens is 364 g/mol. The lowest BCUT2D eigenvalue weighted by molar-refractivity contribution is 0.0115. The van der Waals surface area contributed by atoms with E-state index in [1.807, 2.05) is 12.1 Å². The van der Waals surface area contributed by atoms with Crippen LogP contribution in [0, 0.1) is 0 Å². The lowest BCUT2D eigenvalue weighted by Gasteiger charge is -2.40. The van der Waals surface area contributed by atoms with Crippen LogP contribution in [-0.4, -0.2) is 79.5 Å². The lowest BCUT2D eigenvalue weighted by atomic mass is 10.0. The number of fused-ring (bicyclic) bond motifs is 1. The van der Waals surface area contributed by atoms with Crippen LogP contribution in [0.2, 0.25) is 0 Å². The third-order valence-corrected chi connectivity index (χ3v) is 6.41. The SMILES string of the molecule is O=C(NCCO)c1ccc2nc(N3CCC(N4CCOCC4)CC3)sc2c1. The molecule has 4 rings (SSSR count). The van der Waals surface area contributed by atoms with E-state index in [-0.39, 0.29) is 19.1 Å². The predicted octanol–water partition coefficient (Wildman–Crippen LogP) is 1.32. The molecule has 2 aliphatic rings. The molecule has 1 amide bonds. The zero-order valence-corrected chi connectivity index (χ0v) is 16.2. The maximum atomic E-state index is 12.1. The minimum atomic E-state index is -0.160. The minimum Gasteiger partial charge on any atom is -0.395 e. The Bertz CT molecular complexity index is 782. The number of aliphatic hydroxyl groups excluding tert-OH is 1. The highest BCUT2D eigenvalue weighted by molar-refractivity contribution is 7.22. The number of morpholine rings is 1. The Labute approximate surface area is 162 Å². The van der Waals surface area contributed by atoms with E-state index >= 15 is 0 Å². The highest BCUT2D eigenvalue weighted by atomic mass is 32.1. The first-order valence-electron chi connectivity index (χ1n) is 9.61. The van der Waals surface area contributed by atoms with E-state index in [0.717, 1.165) is 67.6 Å². The Balaban J connectivity index is 1.41. The van der Waals surface area contributed by atoms with E-state index in [1.54, 1.807) is 17.4 Å². The van der Waals surface area contributed by atoms with E-state index < -0.39 is 0 Å². The maximum absolute atomic E-state index is 12.1. The Kier molecular flexibility index (Phi) is 5.87. The van der Waals surface area contributed by atoms with E-state index in [9.17, 15) is 4.79 Å². The number of piperidine rings is 1. The van der Waals surface area contributed by atoms with Gasteiger partial charge in [0.15, 0.2) is 5.13 Å². The van der Waals surface area contributed by atoms with Crippen LogP contribution in [0.15, 0.2) is 18.2 Å². The second kappa shape index (κ2) is 8.52. The van der Waals surface area contributed by atoms with E-state index in [4.69, 9.17) is 14.8 Å². The fourth-order valence-electron chi connectivity index (χ4n) is 3.83. The average molecular weight is 391 g/mol. The molecule has 0 bridgehead atoms. The summed E-state index contributed by atoms with van der Waals surface area (Å²) in [6.45, 7) is 6.05. The van der Waals surface area contributed by atoms with Crippen LogP contribution in [-0.2, 0) is 4.74 Å². The molecule has 2 fully saturated rings. The molecule has 7 nitrogen and oxygen atoms in total. The van der Waals surface area contributed by atoms with Crippen molar-refractivity contribution in [2.24, 2.45) is 0 Å². The number of thiazole rings is 1. The van der Waals surface area contributed by atoms with E-state index in [2.05, 4.69) is 15.1 Å². The molecule has 3 heterocycles. The average Bonchev–Trinajstić information content (AvgIpc) is 3.16. The Morgan fingerprint density at radius 2 is 2.04 bits per heavy atom. The number of amides is 1. The largest absolute Gasteiger partial charge is 0.395 e. The van der Waals surface area contributed by atoms with Gasteiger partial charge in [0.25, 0.3) is 5.91 Å². The Morgan fingerprint density at radius 1 is 1.26 bits per heavy atom. The van der Waals surface area contributed by atoms with Crippen molar-refractivity contribution in [3.63, 3.8) is 0 Å². The standard InChI is InChI=1S/C19H26N4O3S/c24-10-5-20-18(25)14-1-2-16-17(13-14)27-19(21-16)23-6-3-15(4-7-23)22-8-11-26-12-9-22/h1-2,13,15,24H,3-12H2,(H,20,25). The van der Waals surface area contributed by atoms with Gasteiger partial charge in [-0.05, 0) is 31.0 Å². The fourth-order valence-corrected chi connectivity index (χ4v) is 4.88. The van der Waals surface area contributed by atoms with E-state index in [0.29, 0.717) is 11.6 Å². The second-order valence-corrected chi connectivity index (χ2v) is 8.03. The number of hydrogen-bond acceptors (Lipinski definition) is 7. The molecule has 1 aromatic carbocycles. The Morgan fingerprint density at radius 3 is 2.78 bits per heavy atom. The first-order valence-corrected chi connectivity index (χ1v) is 10.4. The van der Waals surface area contributed by atoms with Gasteiger partial charge < -0.3 is 20.1 Å². The van der Waals surface area contributed by atoms with Crippen LogP contribution < -0.4 is 10.2 Å².